The van der Waals surface area contributed by atoms with Crippen LogP contribution in [0.3, 0.4) is 0 Å². The van der Waals surface area contributed by atoms with E-state index in [4.69, 9.17) is 15.2 Å². The molecule has 2 atom stereocenters. The molecular weight excluding hydrogens is 340 g/mol. The van der Waals surface area contributed by atoms with E-state index in [1.807, 2.05) is 0 Å². The molecule has 0 aliphatic heterocycles. The maximum atomic E-state index is 12.8. The Hall–Kier alpha value is -1.02. The molecule has 0 heterocycles. The fourth-order valence-corrected chi connectivity index (χ4v) is 4.64. The van der Waals surface area contributed by atoms with Gasteiger partial charge in [0.05, 0.1) is 14.2 Å². The molecule has 0 spiro atoms. The van der Waals surface area contributed by atoms with Crippen LogP contribution in [0.2, 0.25) is 0 Å². The van der Waals surface area contributed by atoms with E-state index in [-0.39, 0.29) is 40.8 Å². The van der Waals surface area contributed by atoms with Crippen molar-refractivity contribution in [3.8, 4) is 11.5 Å². The van der Waals surface area contributed by atoms with Crippen molar-refractivity contribution in [2.24, 2.45) is 11.7 Å². The van der Waals surface area contributed by atoms with Crippen LogP contribution >= 0.6 is 12.4 Å². The highest BCUT2D eigenvalue weighted by Gasteiger charge is 2.32. The molecule has 2 rings (SSSR count). The van der Waals surface area contributed by atoms with Crippen LogP contribution in [0.15, 0.2) is 23.1 Å². The average molecular weight is 365 g/mol. The van der Waals surface area contributed by atoms with Crippen molar-refractivity contribution < 1.29 is 17.9 Å². The molecule has 1 saturated carbocycles. The summed E-state index contributed by atoms with van der Waals surface area (Å²) in [5.74, 6) is 0.711. The molecule has 1 aliphatic rings. The Morgan fingerprint density at radius 1 is 1.17 bits per heavy atom. The van der Waals surface area contributed by atoms with Gasteiger partial charge in [0, 0.05) is 6.04 Å². The molecule has 0 amide bonds. The van der Waals surface area contributed by atoms with Crippen molar-refractivity contribution in [1.82, 2.24) is 4.72 Å². The van der Waals surface area contributed by atoms with E-state index >= 15 is 0 Å². The van der Waals surface area contributed by atoms with E-state index in [2.05, 4.69) is 4.72 Å². The highest BCUT2D eigenvalue weighted by molar-refractivity contribution is 7.89. The SMILES string of the molecule is COc1cccc(OC)c1S(=O)(=O)NC1CCCCC1CN.Cl. The highest BCUT2D eigenvalue weighted by Crippen LogP contribution is 2.34. The number of nitrogens with two attached hydrogens (primary N) is 1. The van der Waals surface area contributed by atoms with Gasteiger partial charge in [0.1, 0.15) is 11.5 Å². The van der Waals surface area contributed by atoms with Crippen molar-refractivity contribution in [2.45, 2.75) is 36.6 Å². The number of rotatable bonds is 6. The zero-order valence-corrected chi connectivity index (χ0v) is 15.1. The second kappa shape index (κ2) is 8.73. The Morgan fingerprint density at radius 2 is 1.74 bits per heavy atom. The summed E-state index contributed by atoms with van der Waals surface area (Å²) < 4.78 is 38.8. The lowest BCUT2D eigenvalue weighted by Crippen LogP contribution is -2.44. The van der Waals surface area contributed by atoms with Gasteiger partial charge in [-0.25, -0.2) is 13.1 Å². The van der Waals surface area contributed by atoms with E-state index in [9.17, 15) is 8.42 Å². The number of methoxy groups -OCH3 is 2. The van der Waals surface area contributed by atoms with Gasteiger partial charge in [-0.1, -0.05) is 18.9 Å². The van der Waals surface area contributed by atoms with Gasteiger partial charge in [0.2, 0.25) is 10.0 Å². The maximum Gasteiger partial charge on any atom is 0.248 e. The van der Waals surface area contributed by atoms with Crippen LogP contribution in [-0.4, -0.2) is 35.2 Å². The van der Waals surface area contributed by atoms with Gasteiger partial charge in [-0.15, -0.1) is 12.4 Å². The van der Waals surface area contributed by atoms with Crippen LogP contribution < -0.4 is 19.9 Å². The molecule has 6 nitrogen and oxygen atoms in total. The average Bonchev–Trinajstić information content (AvgIpc) is 2.54. The van der Waals surface area contributed by atoms with Gasteiger partial charge in [-0.3, -0.25) is 0 Å². The molecule has 2 unspecified atom stereocenters. The summed E-state index contributed by atoms with van der Waals surface area (Å²) in [7, 11) is -0.861. The van der Waals surface area contributed by atoms with Gasteiger partial charge in [0.15, 0.2) is 4.90 Å². The van der Waals surface area contributed by atoms with Crippen LogP contribution in [0.5, 0.6) is 11.5 Å². The molecule has 3 N–H and O–H groups in total. The van der Waals surface area contributed by atoms with Crippen molar-refractivity contribution in [1.29, 1.82) is 0 Å². The van der Waals surface area contributed by atoms with E-state index < -0.39 is 10.0 Å². The normalized spacial score (nSPS) is 21.3. The third-order valence-electron chi connectivity index (χ3n) is 4.17. The first-order valence-electron chi connectivity index (χ1n) is 7.47. The molecule has 1 aromatic rings. The molecule has 0 saturated heterocycles. The molecule has 132 valence electrons. The second-order valence-electron chi connectivity index (χ2n) is 5.50. The minimum atomic E-state index is -3.74. The standard InChI is InChI=1S/C15H24N2O4S.ClH/c1-20-13-8-5-9-14(21-2)15(13)22(18,19)17-12-7-4-3-6-11(12)10-16;/h5,8-9,11-12,17H,3-4,6-7,10,16H2,1-2H3;1H. The molecule has 23 heavy (non-hydrogen) atoms. The molecule has 0 radical (unpaired) electrons. The van der Waals surface area contributed by atoms with Crippen molar-refractivity contribution in [3.05, 3.63) is 18.2 Å². The fourth-order valence-electron chi connectivity index (χ4n) is 2.99. The van der Waals surface area contributed by atoms with Crippen LogP contribution in [0.4, 0.5) is 0 Å². The van der Waals surface area contributed by atoms with Crippen molar-refractivity contribution in [2.75, 3.05) is 20.8 Å². The van der Waals surface area contributed by atoms with Crippen molar-refractivity contribution >= 4 is 22.4 Å². The number of hydrogen-bond donors (Lipinski definition) is 2. The lowest BCUT2D eigenvalue weighted by Gasteiger charge is -2.31. The highest BCUT2D eigenvalue weighted by atomic mass is 35.5. The first kappa shape index (κ1) is 20.0. The predicted molar refractivity (Wildman–Crippen MR) is 91.9 cm³/mol. The minimum Gasteiger partial charge on any atom is -0.495 e. The summed E-state index contributed by atoms with van der Waals surface area (Å²) >= 11 is 0. The Morgan fingerprint density at radius 3 is 2.26 bits per heavy atom. The van der Waals surface area contributed by atoms with Crippen molar-refractivity contribution in [3.63, 3.8) is 0 Å². The molecule has 1 aliphatic carbocycles. The van der Waals surface area contributed by atoms with Gasteiger partial charge in [0.25, 0.3) is 0 Å². The Labute approximate surface area is 144 Å². The lowest BCUT2D eigenvalue weighted by molar-refractivity contribution is 0.295. The fraction of sp³-hybridized carbons (Fsp3) is 0.600. The molecule has 1 fully saturated rings. The summed E-state index contributed by atoms with van der Waals surface area (Å²) in [5.41, 5.74) is 5.78. The van der Waals surface area contributed by atoms with Gasteiger partial charge >= 0.3 is 0 Å². The number of sulfonamides is 1. The number of nitrogens with one attached hydrogen (secondary N) is 1. The number of hydrogen-bond acceptors (Lipinski definition) is 5. The molecule has 0 aromatic heterocycles. The molecule has 0 bridgehead atoms. The summed E-state index contributed by atoms with van der Waals surface area (Å²) in [6.07, 6.45) is 3.86. The quantitative estimate of drug-likeness (QED) is 0.804. The summed E-state index contributed by atoms with van der Waals surface area (Å²) in [5, 5.41) is 0. The van der Waals surface area contributed by atoms with Crippen LogP contribution in [-0.2, 0) is 10.0 Å². The monoisotopic (exact) mass is 364 g/mol. The van der Waals surface area contributed by atoms with E-state index in [0.29, 0.717) is 6.54 Å². The van der Waals surface area contributed by atoms with Crippen LogP contribution in [0.25, 0.3) is 0 Å². The molecule has 1 aromatic carbocycles. The Balaban J connectivity index is 0.00000264. The number of halogens is 1. The zero-order chi connectivity index (χ0) is 16.2. The first-order valence-corrected chi connectivity index (χ1v) is 8.95. The largest absolute Gasteiger partial charge is 0.495 e. The zero-order valence-electron chi connectivity index (χ0n) is 13.4. The van der Waals surface area contributed by atoms with E-state index in [1.54, 1.807) is 18.2 Å². The third-order valence-corrected chi connectivity index (χ3v) is 5.72. The van der Waals surface area contributed by atoms with Gasteiger partial charge < -0.3 is 15.2 Å². The topological polar surface area (TPSA) is 90.6 Å². The number of ether oxygens (including phenoxy) is 2. The third kappa shape index (κ3) is 4.50. The van der Waals surface area contributed by atoms with E-state index in [1.165, 1.54) is 14.2 Å². The Kier molecular flexibility index (Phi) is 7.60. The van der Waals surface area contributed by atoms with E-state index in [0.717, 1.165) is 25.7 Å². The maximum absolute atomic E-state index is 12.8. The number of benzene rings is 1. The second-order valence-corrected chi connectivity index (χ2v) is 7.15. The van der Waals surface area contributed by atoms with Crippen LogP contribution in [0.1, 0.15) is 25.7 Å². The predicted octanol–water partition coefficient (Wildman–Crippen LogP) is 1.92. The van der Waals surface area contributed by atoms with Crippen LogP contribution in [0, 0.1) is 5.92 Å². The minimum absolute atomic E-state index is 0. The molecular formula is C15H25ClN2O4S. The smallest absolute Gasteiger partial charge is 0.248 e. The Bertz CT molecular complexity index is 587. The molecule has 8 heteroatoms. The van der Waals surface area contributed by atoms with Gasteiger partial charge in [-0.05, 0) is 37.4 Å². The van der Waals surface area contributed by atoms with Gasteiger partial charge in [-0.2, -0.15) is 0 Å². The summed E-state index contributed by atoms with van der Waals surface area (Å²) in [6.45, 7) is 0.482. The summed E-state index contributed by atoms with van der Waals surface area (Å²) in [4.78, 5) is 0.0429. The summed E-state index contributed by atoms with van der Waals surface area (Å²) in [6, 6.07) is 4.77. The first-order chi connectivity index (χ1) is 10.5. The lowest BCUT2D eigenvalue weighted by atomic mass is 9.85.